The lowest BCUT2D eigenvalue weighted by Crippen LogP contribution is -2.12. The molecule has 1 saturated carbocycles. The van der Waals surface area contributed by atoms with E-state index in [0.717, 1.165) is 0 Å². The molecule has 1 amide bonds. The first-order chi connectivity index (χ1) is 14.5. The molecule has 1 aliphatic carbocycles. The van der Waals surface area contributed by atoms with Crippen LogP contribution in [0.3, 0.4) is 0 Å². The summed E-state index contributed by atoms with van der Waals surface area (Å²) in [7, 11) is 0. The van der Waals surface area contributed by atoms with Gasteiger partial charge in [-0.25, -0.2) is 19.3 Å². The van der Waals surface area contributed by atoms with Crippen molar-refractivity contribution < 1.29 is 13.6 Å². The fraction of sp³-hybridized carbons (Fsp3) is 0.273. The van der Waals surface area contributed by atoms with Crippen LogP contribution in [0.2, 0.25) is 0 Å². The van der Waals surface area contributed by atoms with E-state index in [1.165, 1.54) is 37.0 Å². The third kappa shape index (κ3) is 3.24. The van der Waals surface area contributed by atoms with Crippen molar-refractivity contribution in [2.24, 2.45) is 0 Å². The van der Waals surface area contributed by atoms with Gasteiger partial charge in [0, 0.05) is 36.8 Å². The lowest BCUT2D eigenvalue weighted by molar-refractivity contribution is 0.0994. The Morgan fingerprint density at radius 2 is 2.07 bits per heavy atom. The molecule has 0 spiro atoms. The van der Waals surface area contributed by atoms with Crippen LogP contribution < -0.4 is 5.32 Å². The summed E-state index contributed by atoms with van der Waals surface area (Å²) in [4.78, 5) is 25.5. The Morgan fingerprint density at radius 3 is 2.77 bits per heavy atom. The van der Waals surface area contributed by atoms with Crippen LogP contribution in [0.15, 0.2) is 41.2 Å². The number of benzene rings is 1. The van der Waals surface area contributed by atoms with Gasteiger partial charge in [-0.05, 0) is 49.4 Å². The molecule has 1 aromatic carbocycles. The maximum atomic E-state index is 14.6. The molecule has 8 heteroatoms. The van der Waals surface area contributed by atoms with Gasteiger partial charge in [-0.2, -0.15) is 0 Å². The summed E-state index contributed by atoms with van der Waals surface area (Å²) in [6.07, 6.45) is 9.23. The number of rotatable bonds is 4. The van der Waals surface area contributed by atoms with Crippen LogP contribution in [0.1, 0.15) is 52.9 Å². The van der Waals surface area contributed by atoms with Gasteiger partial charge in [0.1, 0.15) is 5.82 Å². The number of fused-ring (bicyclic) bond motifs is 1. The highest BCUT2D eigenvalue weighted by Crippen LogP contribution is 2.36. The van der Waals surface area contributed by atoms with E-state index < -0.39 is 11.7 Å². The van der Waals surface area contributed by atoms with Crippen LogP contribution in [0.5, 0.6) is 0 Å². The molecular weight excluding hydrogens is 385 g/mol. The number of carbonyl (C=O) groups is 1. The third-order valence-electron chi connectivity index (χ3n) is 5.52. The van der Waals surface area contributed by atoms with Crippen LogP contribution in [-0.2, 0) is 0 Å². The molecule has 0 aliphatic heterocycles. The van der Waals surface area contributed by atoms with Crippen LogP contribution in [0.25, 0.3) is 17.0 Å². The third-order valence-corrected chi connectivity index (χ3v) is 5.52. The number of carbonyl (C=O) groups excluding carboxylic acids is 1. The van der Waals surface area contributed by atoms with E-state index >= 15 is 0 Å². The number of hydrogen-bond donors (Lipinski definition) is 1. The standard InChI is InChI=1S/C22H20FN5O2/c1-12-20(30-13(2)25-12)21(29)26-16-6-7-18(23)17(8-16)19-11-28-10-15(14-4-3-5-14)9-24-22(28)27-19/h6-11,14H,3-5H2,1-2H3,(H,26,29). The van der Waals surface area contributed by atoms with Gasteiger partial charge in [0.05, 0.1) is 11.4 Å². The quantitative estimate of drug-likeness (QED) is 0.534. The fourth-order valence-electron chi connectivity index (χ4n) is 3.71. The Morgan fingerprint density at radius 1 is 1.23 bits per heavy atom. The van der Waals surface area contributed by atoms with Crippen LogP contribution in [0.4, 0.5) is 10.1 Å². The summed E-state index contributed by atoms with van der Waals surface area (Å²) in [5.74, 6) is 0.741. The highest BCUT2D eigenvalue weighted by molar-refractivity contribution is 6.03. The minimum atomic E-state index is -0.438. The molecule has 7 nitrogen and oxygen atoms in total. The number of aryl methyl sites for hydroxylation is 2. The number of halogens is 1. The number of imidazole rings is 1. The van der Waals surface area contributed by atoms with Gasteiger partial charge >= 0.3 is 0 Å². The minimum Gasteiger partial charge on any atom is -0.436 e. The number of nitrogens with one attached hydrogen (secondary N) is 1. The maximum absolute atomic E-state index is 14.6. The summed E-state index contributed by atoms with van der Waals surface area (Å²) in [6.45, 7) is 3.37. The van der Waals surface area contributed by atoms with E-state index in [9.17, 15) is 9.18 Å². The Labute approximate surface area is 172 Å². The van der Waals surface area contributed by atoms with Crippen molar-refractivity contribution in [1.29, 1.82) is 0 Å². The zero-order valence-electron chi connectivity index (χ0n) is 16.6. The number of anilines is 1. The van der Waals surface area contributed by atoms with Crippen molar-refractivity contribution in [3.63, 3.8) is 0 Å². The SMILES string of the molecule is Cc1nc(C)c(C(=O)Nc2ccc(F)c(-c3cn4cc(C5CCC5)cnc4n3)c2)o1. The van der Waals surface area contributed by atoms with Crippen molar-refractivity contribution >= 4 is 17.4 Å². The maximum Gasteiger partial charge on any atom is 0.293 e. The number of nitrogens with zero attached hydrogens (tertiary/aromatic N) is 4. The topological polar surface area (TPSA) is 85.3 Å². The molecule has 152 valence electrons. The van der Waals surface area contributed by atoms with Crippen LogP contribution in [-0.4, -0.2) is 25.3 Å². The van der Waals surface area contributed by atoms with Crippen molar-refractivity contribution in [3.05, 3.63) is 65.5 Å². The molecule has 4 aromatic rings. The first kappa shape index (κ1) is 18.5. The average molecular weight is 405 g/mol. The van der Waals surface area contributed by atoms with E-state index in [1.807, 2.05) is 16.8 Å². The normalized spacial score (nSPS) is 14.1. The number of aromatic nitrogens is 4. The number of oxazole rings is 1. The molecule has 0 unspecified atom stereocenters. The monoisotopic (exact) mass is 405 g/mol. The lowest BCUT2D eigenvalue weighted by Gasteiger charge is -2.25. The molecule has 3 aromatic heterocycles. The van der Waals surface area contributed by atoms with Crippen molar-refractivity contribution in [2.45, 2.75) is 39.0 Å². The van der Waals surface area contributed by atoms with E-state index in [4.69, 9.17) is 4.42 Å². The highest BCUT2D eigenvalue weighted by Gasteiger charge is 2.21. The summed E-state index contributed by atoms with van der Waals surface area (Å²) in [6, 6.07) is 4.36. The Balaban J connectivity index is 1.45. The van der Waals surface area contributed by atoms with Crippen molar-refractivity contribution in [2.75, 3.05) is 5.32 Å². The first-order valence-electron chi connectivity index (χ1n) is 9.88. The molecule has 0 bridgehead atoms. The molecule has 1 aliphatic rings. The number of amides is 1. The fourth-order valence-corrected chi connectivity index (χ4v) is 3.71. The van der Waals surface area contributed by atoms with E-state index in [-0.39, 0.29) is 11.3 Å². The van der Waals surface area contributed by atoms with Crippen LogP contribution >= 0.6 is 0 Å². The zero-order chi connectivity index (χ0) is 20.8. The van der Waals surface area contributed by atoms with Crippen molar-refractivity contribution in [3.8, 4) is 11.3 Å². The summed E-state index contributed by atoms with van der Waals surface area (Å²) < 4.78 is 21.7. The Bertz CT molecular complexity index is 1270. The van der Waals surface area contributed by atoms with Gasteiger partial charge in [-0.1, -0.05) is 6.42 Å². The molecule has 1 fully saturated rings. The van der Waals surface area contributed by atoms with Gasteiger partial charge < -0.3 is 9.73 Å². The molecule has 30 heavy (non-hydrogen) atoms. The second-order valence-corrected chi connectivity index (χ2v) is 7.64. The summed E-state index contributed by atoms with van der Waals surface area (Å²) in [5, 5.41) is 2.73. The summed E-state index contributed by atoms with van der Waals surface area (Å²) >= 11 is 0. The van der Waals surface area contributed by atoms with Gasteiger partial charge in [0.25, 0.3) is 5.91 Å². The predicted molar refractivity (Wildman–Crippen MR) is 109 cm³/mol. The molecule has 0 radical (unpaired) electrons. The van der Waals surface area contributed by atoms with E-state index in [0.29, 0.717) is 34.7 Å². The molecule has 0 saturated heterocycles. The first-order valence-corrected chi connectivity index (χ1v) is 9.88. The average Bonchev–Trinajstić information content (AvgIpc) is 3.24. The second kappa shape index (κ2) is 7.05. The summed E-state index contributed by atoms with van der Waals surface area (Å²) in [5.41, 5.74) is 2.85. The molecular formula is C22H20FN5O2. The molecule has 0 atom stereocenters. The van der Waals surface area contributed by atoms with Crippen LogP contribution in [0, 0.1) is 19.7 Å². The lowest BCUT2D eigenvalue weighted by atomic mass is 9.81. The second-order valence-electron chi connectivity index (χ2n) is 7.64. The molecule has 3 heterocycles. The van der Waals surface area contributed by atoms with E-state index in [2.05, 4.69) is 20.3 Å². The smallest absolute Gasteiger partial charge is 0.293 e. The van der Waals surface area contributed by atoms with E-state index in [1.54, 1.807) is 26.1 Å². The highest BCUT2D eigenvalue weighted by atomic mass is 19.1. The molecule has 5 rings (SSSR count). The van der Waals surface area contributed by atoms with Gasteiger partial charge in [0.15, 0.2) is 5.89 Å². The van der Waals surface area contributed by atoms with Gasteiger partial charge in [0.2, 0.25) is 11.5 Å². The van der Waals surface area contributed by atoms with Crippen molar-refractivity contribution in [1.82, 2.24) is 19.4 Å². The largest absolute Gasteiger partial charge is 0.436 e. The van der Waals surface area contributed by atoms with Gasteiger partial charge in [-0.15, -0.1) is 0 Å². The zero-order valence-corrected chi connectivity index (χ0v) is 16.6. The Hall–Kier alpha value is -3.55. The number of hydrogen-bond acceptors (Lipinski definition) is 5. The van der Waals surface area contributed by atoms with Gasteiger partial charge in [-0.3, -0.25) is 9.20 Å². The molecule has 1 N–H and O–H groups in total. The predicted octanol–water partition coefficient (Wildman–Crippen LogP) is 4.66. The Kier molecular flexibility index (Phi) is 4.34. The minimum absolute atomic E-state index is 0.138.